The van der Waals surface area contributed by atoms with E-state index in [1.807, 2.05) is 42.2 Å². The van der Waals surface area contributed by atoms with Crippen molar-refractivity contribution in [2.24, 2.45) is 5.92 Å². The van der Waals surface area contributed by atoms with Gasteiger partial charge in [0.1, 0.15) is 0 Å². The van der Waals surface area contributed by atoms with Crippen molar-refractivity contribution in [1.82, 2.24) is 9.88 Å². The van der Waals surface area contributed by atoms with Crippen LogP contribution in [0.1, 0.15) is 25.0 Å². The number of hydrogen-bond donors (Lipinski definition) is 1. The first-order valence-electron chi connectivity index (χ1n) is 8.25. The first kappa shape index (κ1) is 15.3. The summed E-state index contributed by atoms with van der Waals surface area (Å²) in [5, 5.41) is 3.51. The van der Waals surface area contributed by atoms with Gasteiger partial charge < -0.3 is 10.2 Å². The molecule has 24 heavy (non-hydrogen) atoms. The van der Waals surface area contributed by atoms with Gasteiger partial charge in [-0.25, -0.2) is 4.98 Å². The van der Waals surface area contributed by atoms with E-state index in [1.165, 1.54) is 11.3 Å². The number of hydrogen-bond acceptors (Lipinski definition) is 4. The van der Waals surface area contributed by atoms with Gasteiger partial charge in [0.25, 0.3) is 0 Å². The highest BCUT2D eigenvalue weighted by Gasteiger charge is 2.41. The molecule has 1 aliphatic carbocycles. The number of aryl methyl sites for hydroxylation is 1. The number of aromatic nitrogens is 1. The average Bonchev–Trinajstić information content (AvgIpc) is 3.25. The van der Waals surface area contributed by atoms with Crippen LogP contribution in [0.2, 0.25) is 0 Å². The summed E-state index contributed by atoms with van der Waals surface area (Å²) in [4.78, 5) is 31.9. The molecule has 2 aliphatic rings. The van der Waals surface area contributed by atoms with E-state index in [1.54, 1.807) is 0 Å². The van der Waals surface area contributed by atoms with E-state index < -0.39 is 0 Å². The van der Waals surface area contributed by atoms with Crippen LogP contribution in [0.5, 0.6) is 0 Å². The van der Waals surface area contributed by atoms with E-state index >= 15 is 0 Å². The number of amides is 2. The molecule has 0 spiro atoms. The van der Waals surface area contributed by atoms with E-state index in [9.17, 15) is 9.59 Å². The minimum Gasteiger partial charge on any atom is -0.339 e. The summed E-state index contributed by atoms with van der Waals surface area (Å²) in [6, 6.07) is 10.4. The van der Waals surface area contributed by atoms with Gasteiger partial charge in [-0.3, -0.25) is 9.59 Å². The molecule has 2 heterocycles. The van der Waals surface area contributed by atoms with Crippen LogP contribution in [0.3, 0.4) is 0 Å². The third-order valence-electron chi connectivity index (χ3n) is 4.58. The molecule has 1 aliphatic heterocycles. The first-order chi connectivity index (χ1) is 11.6. The third kappa shape index (κ3) is 2.94. The van der Waals surface area contributed by atoms with Gasteiger partial charge >= 0.3 is 0 Å². The lowest BCUT2D eigenvalue weighted by Gasteiger charge is -2.14. The predicted molar refractivity (Wildman–Crippen MR) is 93.8 cm³/mol. The molecular weight excluding hydrogens is 322 g/mol. The van der Waals surface area contributed by atoms with E-state index in [2.05, 4.69) is 10.3 Å². The fourth-order valence-electron chi connectivity index (χ4n) is 3.16. The topological polar surface area (TPSA) is 62.3 Å². The normalized spacial score (nSPS) is 20.5. The largest absolute Gasteiger partial charge is 0.339 e. The lowest BCUT2D eigenvalue weighted by molar-refractivity contribution is -0.128. The number of likely N-dealkylation sites (tertiary alicyclic amines) is 1. The lowest BCUT2D eigenvalue weighted by Crippen LogP contribution is -2.29. The number of nitrogens with zero attached hydrogens (tertiary/aromatic N) is 2. The summed E-state index contributed by atoms with van der Waals surface area (Å²) in [7, 11) is 0. The second-order valence-corrected chi connectivity index (χ2v) is 7.47. The molecular formula is C18H19N3O2S. The predicted octanol–water partition coefficient (Wildman–Crippen LogP) is 3.07. The highest BCUT2D eigenvalue weighted by molar-refractivity contribution is 7.19. The molecule has 1 atom stereocenters. The smallest absolute Gasteiger partial charge is 0.231 e. The number of thiazole rings is 1. The lowest BCUT2D eigenvalue weighted by atomic mass is 10.1. The van der Waals surface area contributed by atoms with Crippen LogP contribution in [-0.4, -0.2) is 34.3 Å². The van der Waals surface area contributed by atoms with E-state index in [0.717, 1.165) is 29.0 Å². The van der Waals surface area contributed by atoms with Gasteiger partial charge in [-0.2, -0.15) is 0 Å². The fraction of sp³-hybridized carbons (Fsp3) is 0.389. The van der Waals surface area contributed by atoms with Crippen LogP contribution in [0.4, 0.5) is 5.13 Å². The van der Waals surface area contributed by atoms with Gasteiger partial charge in [0.2, 0.25) is 11.8 Å². The first-order valence-corrected chi connectivity index (χ1v) is 9.06. The molecule has 1 aromatic carbocycles. The van der Waals surface area contributed by atoms with Crippen LogP contribution in [0.15, 0.2) is 30.3 Å². The number of rotatable bonds is 4. The Hall–Kier alpha value is -2.21. The zero-order valence-corrected chi connectivity index (χ0v) is 14.3. The Bertz CT molecular complexity index is 783. The zero-order valence-electron chi connectivity index (χ0n) is 13.5. The number of benzene rings is 1. The average molecular weight is 341 g/mol. The fourth-order valence-corrected chi connectivity index (χ4v) is 4.14. The number of carbonyl (C=O) groups excluding carboxylic acids is 2. The highest BCUT2D eigenvalue weighted by Crippen LogP contribution is 2.35. The quantitative estimate of drug-likeness (QED) is 0.930. The maximum absolute atomic E-state index is 12.5. The SMILES string of the molecule is Cc1nc(NC(=O)[C@@H]2CC(=O)N(C3CC3)C2)sc1-c1ccccc1. The van der Waals surface area contributed by atoms with Gasteiger partial charge in [0, 0.05) is 19.0 Å². The van der Waals surface area contributed by atoms with E-state index in [-0.39, 0.29) is 17.7 Å². The molecule has 6 heteroatoms. The highest BCUT2D eigenvalue weighted by atomic mass is 32.1. The van der Waals surface area contributed by atoms with Crippen molar-refractivity contribution in [2.45, 2.75) is 32.2 Å². The van der Waals surface area contributed by atoms with Crippen LogP contribution in [-0.2, 0) is 9.59 Å². The molecule has 2 aromatic rings. The summed E-state index contributed by atoms with van der Waals surface area (Å²) >= 11 is 1.48. The summed E-state index contributed by atoms with van der Waals surface area (Å²) in [6.45, 7) is 2.49. The molecule has 0 bridgehead atoms. The number of nitrogens with one attached hydrogen (secondary N) is 1. The van der Waals surface area contributed by atoms with E-state index in [4.69, 9.17) is 0 Å². The van der Waals surface area contributed by atoms with Gasteiger partial charge in [-0.05, 0) is 25.3 Å². The third-order valence-corrected chi connectivity index (χ3v) is 5.70. The molecule has 2 fully saturated rings. The molecule has 5 nitrogen and oxygen atoms in total. The monoisotopic (exact) mass is 341 g/mol. The second-order valence-electron chi connectivity index (χ2n) is 6.47. The molecule has 0 radical (unpaired) electrons. The van der Waals surface area contributed by atoms with Crippen LogP contribution in [0, 0.1) is 12.8 Å². The minimum atomic E-state index is -0.262. The molecule has 4 rings (SSSR count). The Morgan fingerprint density at radius 3 is 2.75 bits per heavy atom. The van der Waals surface area contributed by atoms with Crippen molar-refractivity contribution in [2.75, 3.05) is 11.9 Å². The Morgan fingerprint density at radius 1 is 1.29 bits per heavy atom. The van der Waals surface area contributed by atoms with Gasteiger partial charge in [-0.15, -0.1) is 0 Å². The van der Waals surface area contributed by atoms with Crippen LogP contribution >= 0.6 is 11.3 Å². The molecule has 1 aromatic heterocycles. The van der Waals surface area contributed by atoms with Gasteiger partial charge in [-0.1, -0.05) is 41.7 Å². The summed E-state index contributed by atoms with van der Waals surface area (Å²) in [6.07, 6.45) is 2.47. The Labute approximate surface area is 144 Å². The van der Waals surface area contributed by atoms with Crippen LogP contribution < -0.4 is 5.32 Å². The van der Waals surface area contributed by atoms with Crippen molar-refractivity contribution in [3.63, 3.8) is 0 Å². The standard InChI is InChI=1S/C18H19N3O2S/c1-11-16(12-5-3-2-4-6-12)24-18(19-11)20-17(23)13-9-15(22)21(10-13)14-7-8-14/h2-6,13-14H,7-10H2,1H3,(H,19,20,23)/t13-/m1/s1. The summed E-state index contributed by atoms with van der Waals surface area (Å²) in [5.74, 6) is -0.250. The maximum Gasteiger partial charge on any atom is 0.231 e. The Morgan fingerprint density at radius 2 is 2.04 bits per heavy atom. The molecule has 124 valence electrons. The number of anilines is 1. The van der Waals surface area contributed by atoms with Crippen molar-refractivity contribution in [1.29, 1.82) is 0 Å². The summed E-state index contributed by atoms with van der Waals surface area (Å²) < 4.78 is 0. The number of carbonyl (C=O) groups is 2. The van der Waals surface area contributed by atoms with Gasteiger partial charge in [0.05, 0.1) is 16.5 Å². The molecule has 1 N–H and O–H groups in total. The maximum atomic E-state index is 12.5. The molecule has 1 saturated carbocycles. The van der Waals surface area contributed by atoms with Gasteiger partial charge in [0.15, 0.2) is 5.13 Å². The second kappa shape index (κ2) is 6.02. The van der Waals surface area contributed by atoms with Crippen molar-refractivity contribution in [3.05, 3.63) is 36.0 Å². The van der Waals surface area contributed by atoms with E-state index in [0.29, 0.717) is 24.1 Å². The Kier molecular flexibility index (Phi) is 3.84. The Balaban J connectivity index is 1.46. The van der Waals surface area contributed by atoms with Crippen LogP contribution in [0.25, 0.3) is 10.4 Å². The molecule has 1 saturated heterocycles. The van der Waals surface area contributed by atoms with Crippen molar-refractivity contribution < 1.29 is 9.59 Å². The summed E-state index contributed by atoms with van der Waals surface area (Å²) in [5.41, 5.74) is 2.01. The zero-order chi connectivity index (χ0) is 16.7. The molecule has 2 amide bonds. The minimum absolute atomic E-state index is 0.0974. The molecule has 0 unspecified atom stereocenters. The van der Waals surface area contributed by atoms with Crippen molar-refractivity contribution in [3.8, 4) is 10.4 Å². The van der Waals surface area contributed by atoms with Crippen molar-refractivity contribution >= 4 is 28.3 Å².